The van der Waals surface area contributed by atoms with Crippen molar-refractivity contribution in [3.05, 3.63) is 35.9 Å². The Morgan fingerprint density at radius 3 is 2.33 bits per heavy atom. The van der Waals surface area contributed by atoms with E-state index in [4.69, 9.17) is 0 Å². The summed E-state index contributed by atoms with van der Waals surface area (Å²) in [5.74, 6) is 0. The zero-order valence-corrected chi connectivity index (χ0v) is 7.80. The molecule has 0 fully saturated rings. The van der Waals surface area contributed by atoms with E-state index in [-0.39, 0.29) is 0 Å². The first-order valence-electron chi connectivity index (χ1n) is 3.17. The molecular weight excluding hydrogens is 171 g/mol. The molecular formula is C8H11As. The van der Waals surface area contributed by atoms with Gasteiger partial charge >= 0.3 is 64.4 Å². The van der Waals surface area contributed by atoms with Crippen molar-refractivity contribution in [1.29, 1.82) is 0 Å². The molecule has 0 heterocycles. The van der Waals surface area contributed by atoms with E-state index >= 15 is 0 Å². The van der Waals surface area contributed by atoms with Gasteiger partial charge in [0, 0.05) is 0 Å². The van der Waals surface area contributed by atoms with Gasteiger partial charge in [-0.25, -0.2) is 0 Å². The predicted octanol–water partition coefficient (Wildman–Crippen LogP) is 1.28. The molecule has 1 unspecified atom stereocenters. The summed E-state index contributed by atoms with van der Waals surface area (Å²) in [6.45, 7) is 0. The second-order valence-corrected chi connectivity index (χ2v) is 3.24. The summed E-state index contributed by atoms with van der Waals surface area (Å²) < 4.78 is 0. The molecule has 0 N–H and O–H groups in total. The maximum absolute atomic E-state index is 2.18. The molecule has 1 aromatic carbocycles. The van der Waals surface area contributed by atoms with Crippen molar-refractivity contribution in [2.45, 2.75) is 11.6 Å². The summed E-state index contributed by atoms with van der Waals surface area (Å²) in [5, 5.41) is 1.30. The first kappa shape index (κ1) is 6.89. The molecule has 0 radical (unpaired) electrons. The van der Waals surface area contributed by atoms with Crippen LogP contribution in [-0.4, -0.2) is 16.9 Å². The van der Waals surface area contributed by atoms with Crippen LogP contribution in [0.15, 0.2) is 30.3 Å². The predicted molar refractivity (Wildman–Crippen MR) is 43.5 cm³/mol. The normalized spacial score (nSPS) is 9.44. The Bertz CT molecular complexity index is 157. The topological polar surface area (TPSA) is 0 Å². The standard InChI is InChI=1S/C8H11As/c9-7-6-8-4-2-1-3-5-8/h1-5H,6-7,9H2. The molecule has 0 aliphatic heterocycles. The van der Waals surface area contributed by atoms with Crippen LogP contribution in [0.1, 0.15) is 5.56 Å². The van der Waals surface area contributed by atoms with Crippen LogP contribution in [0.3, 0.4) is 0 Å². The number of aryl methyl sites for hydroxylation is 1. The van der Waals surface area contributed by atoms with Gasteiger partial charge in [0.2, 0.25) is 0 Å². The quantitative estimate of drug-likeness (QED) is 0.604. The zero-order chi connectivity index (χ0) is 6.53. The first-order valence-corrected chi connectivity index (χ1v) is 4.89. The molecule has 0 saturated heterocycles. The minimum atomic E-state index is 1.24. The van der Waals surface area contributed by atoms with Crippen LogP contribution in [0.5, 0.6) is 0 Å². The summed E-state index contributed by atoms with van der Waals surface area (Å²) in [4.78, 5) is 0. The van der Waals surface area contributed by atoms with E-state index in [0.717, 1.165) is 0 Å². The molecule has 0 aliphatic carbocycles. The average molecular weight is 182 g/mol. The Kier molecular flexibility index (Phi) is 2.86. The molecule has 0 saturated carbocycles. The third kappa shape index (κ3) is 2.24. The van der Waals surface area contributed by atoms with Crippen LogP contribution in [-0.2, 0) is 6.42 Å². The SMILES string of the molecule is [AsH2]CCc1ccccc1. The average Bonchev–Trinajstić information content (AvgIpc) is 1.91. The van der Waals surface area contributed by atoms with Crippen LogP contribution in [0.25, 0.3) is 0 Å². The van der Waals surface area contributed by atoms with E-state index in [1.807, 2.05) is 0 Å². The fraction of sp³-hybridized carbons (Fsp3) is 0.250. The van der Waals surface area contributed by atoms with E-state index in [9.17, 15) is 0 Å². The van der Waals surface area contributed by atoms with Crippen LogP contribution < -0.4 is 0 Å². The van der Waals surface area contributed by atoms with Gasteiger partial charge in [-0.2, -0.15) is 0 Å². The molecule has 0 amide bonds. The fourth-order valence-corrected chi connectivity index (χ4v) is 1.51. The molecule has 1 rings (SSSR count). The second-order valence-electron chi connectivity index (χ2n) is 2.02. The van der Waals surface area contributed by atoms with Crippen molar-refractivity contribution in [3.8, 4) is 0 Å². The van der Waals surface area contributed by atoms with Crippen LogP contribution >= 0.6 is 0 Å². The van der Waals surface area contributed by atoms with E-state index in [0.29, 0.717) is 0 Å². The van der Waals surface area contributed by atoms with Gasteiger partial charge in [0.15, 0.2) is 0 Å². The van der Waals surface area contributed by atoms with Gasteiger partial charge in [-0.05, 0) is 0 Å². The molecule has 1 aromatic rings. The van der Waals surface area contributed by atoms with E-state index < -0.39 is 0 Å². The number of benzene rings is 1. The second kappa shape index (κ2) is 3.74. The summed E-state index contributed by atoms with van der Waals surface area (Å²) in [5.41, 5.74) is 1.46. The van der Waals surface area contributed by atoms with Crippen LogP contribution in [0, 0.1) is 0 Å². The molecule has 1 atom stereocenters. The fourth-order valence-electron chi connectivity index (χ4n) is 0.811. The molecule has 48 valence electrons. The van der Waals surface area contributed by atoms with Crippen LogP contribution in [0.4, 0.5) is 0 Å². The first-order chi connectivity index (χ1) is 4.43. The molecule has 0 nitrogen and oxygen atoms in total. The molecule has 0 aromatic heterocycles. The third-order valence-electron chi connectivity index (χ3n) is 1.28. The van der Waals surface area contributed by atoms with Gasteiger partial charge in [-0.3, -0.25) is 0 Å². The monoisotopic (exact) mass is 182 g/mol. The zero-order valence-electron chi connectivity index (χ0n) is 5.38. The van der Waals surface area contributed by atoms with Crippen LogP contribution in [0.2, 0.25) is 5.21 Å². The van der Waals surface area contributed by atoms with Gasteiger partial charge in [-0.1, -0.05) is 0 Å². The van der Waals surface area contributed by atoms with E-state index in [1.165, 1.54) is 17.2 Å². The van der Waals surface area contributed by atoms with Gasteiger partial charge < -0.3 is 0 Å². The molecule has 9 heavy (non-hydrogen) atoms. The summed E-state index contributed by atoms with van der Waals surface area (Å²) >= 11 is 1.81. The molecule has 0 spiro atoms. The van der Waals surface area contributed by atoms with Gasteiger partial charge in [-0.15, -0.1) is 0 Å². The Balaban J connectivity index is 2.61. The number of hydrogen-bond donors (Lipinski definition) is 0. The van der Waals surface area contributed by atoms with Crippen molar-refractivity contribution in [3.63, 3.8) is 0 Å². The molecule has 0 aliphatic rings. The molecule has 1 heteroatoms. The van der Waals surface area contributed by atoms with Crippen molar-refractivity contribution in [2.75, 3.05) is 0 Å². The maximum atomic E-state index is 2.18. The van der Waals surface area contributed by atoms with Gasteiger partial charge in [0.25, 0.3) is 0 Å². The van der Waals surface area contributed by atoms with Gasteiger partial charge in [0.05, 0.1) is 0 Å². The Labute approximate surface area is 64.8 Å². The molecule has 0 bridgehead atoms. The van der Waals surface area contributed by atoms with Crippen molar-refractivity contribution in [1.82, 2.24) is 0 Å². The number of hydrogen-bond acceptors (Lipinski definition) is 0. The summed E-state index contributed by atoms with van der Waals surface area (Å²) in [6, 6.07) is 10.6. The Morgan fingerprint density at radius 1 is 1.11 bits per heavy atom. The van der Waals surface area contributed by atoms with E-state index in [2.05, 4.69) is 30.3 Å². The number of rotatable bonds is 2. The Hall–Kier alpha value is -0.222. The summed E-state index contributed by atoms with van der Waals surface area (Å²) in [7, 11) is 0. The summed E-state index contributed by atoms with van der Waals surface area (Å²) in [6.07, 6.45) is 1.24. The van der Waals surface area contributed by atoms with Crippen molar-refractivity contribution >= 4 is 16.9 Å². The third-order valence-corrected chi connectivity index (χ3v) is 1.88. The van der Waals surface area contributed by atoms with Crippen molar-refractivity contribution < 1.29 is 0 Å². The van der Waals surface area contributed by atoms with Gasteiger partial charge in [0.1, 0.15) is 0 Å². The van der Waals surface area contributed by atoms with E-state index in [1.54, 1.807) is 16.9 Å². The minimum absolute atomic E-state index is 1.24. The Morgan fingerprint density at radius 2 is 1.78 bits per heavy atom. The van der Waals surface area contributed by atoms with Crippen molar-refractivity contribution in [2.24, 2.45) is 0 Å².